The second-order valence-corrected chi connectivity index (χ2v) is 6.09. The molecule has 0 radical (unpaired) electrons. The number of morpholine rings is 1. The molecule has 0 spiro atoms. The van der Waals surface area contributed by atoms with E-state index in [1.165, 1.54) is 0 Å². The normalized spacial score (nSPS) is 15.8. The van der Waals surface area contributed by atoms with Crippen molar-refractivity contribution in [2.75, 3.05) is 44.7 Å². The molecule has 116 valence electrons. The van der Waals surface area contributed by atoms with Gasteiger partial charge in [0.1, 0.15) is 0 Å². The van der Waals surface area contributed by atoms with Gasteiger partial charge in [0, 0.05) is 26.2 Å². The number of rotatable bonds is 4. The van der Waals surface area contributed by atoms with Crippen LogP contribution in [0.3, 0.4) is 0 Å². The van der Waals surface area contributed by atoms with E-state index in [0.29, 0.717) is 10.1 Å². The maximum absolute atomic E-state index is 6.26. The molecule has 0 atom stereocenters. The Labute approximate surface area is 136 Å². The van der Waals surface area contributed by atoms with Gasteiger partial charge in [-0.05, 0) is 43.3 Å². The van der Waals surface area contributed by atoms with Gasteiger partial charge in [-0.2, -0.15) is 0 Å². The molecule has 1 aliphatic heterocycles. The number of hydrogen-bond acceptors (Lipinski definition) is 3. The highest BCUT2D eigenvalue weighted by molar-refractivity contribution is 7.80. The van der Waals surface area contributed by atoms with Gasteiger partial charge in [0.25, 0.3) is 0 Å². The monoisotopic (exact) mass is 327 g/mol. The molecule has 1 heterocycles. The van der Waals surface area contributed by atoms with Crippen molar-refractivity contribution in [2.24, 2.45) is 0 Å². The van der Waals surface area contributed by atoms with Crippen molar-refractivity contribution in [3.63, 3.8) is 0 Å². The second kappa shape index (κ2) is 7.94. The number of nitrogens with one attached hydrogen (secondary N) is 2. The third-order valence-corrected chi connectivity index (χ3v) is 4.03. The number of hydrogen-bond donors (Lipinski definition) is 2. The first-order chi connectivity index (χ1) is 10.1. The Morgan fingerprint density at radius 2 is 2.05 bits per heavy atom. The summed E-state index contributed by atoms with van der Waals surface area (Å²) in [7, 11) is 0. The highest BCUT2D eigenvalue weighted by atomic mass is 35.5. The van der Waals surface area contributed by atoms with Crippen LogP contribution in [-0.2, 0) is 4.74 Å². The molecule has 2 rings (SSSR count). The molecule has 2 N–H and O–H groups in total. The average Bonchev–Trinajstić information content (AvgIpc) is 2.44. The Bertz CT molecular complexity index is 481. The Morgan fingerprint density at radius 3 is 2.71 bits per heavy atom. The first kappa shape index (κ1) is 16.5. The van der Waals surface area contributed by atoms with E-state index in [0.717, 1.165) is 56.2 Å². The van der Waals surface area contributed by atoms with Gasteiger partial charge in [-0.25, -0.2) is 0 Å². The fourth-order valence-corrected chi connectivity index (χ4v) is 2.96. The summed E-state index contributed by atoms with van der Waals surface area (Å²) in [6, 6.07) is 4.03. The molecule has 0 bridgehead atoms. The molecule has 6 heteroatoms. The fraction of sp³-hybridized carbons (Fsp3) is 0.533. The van der Waals surface area contributed by atoms with Crippen LogP contribution < -0.4 is 10.6 Å². The van der Waals surface area contributed by atoms with Crippen LogP contribution in [0.25, 0.3) is 0 Å². The van der Waals surface area contributed by atoms with Gasteiger partial charge < -0.3 is 15.4 Å². The van der Waals surface area contributed by atoms with Crippen LogP contribution in [-0.4, -0.2) is 49.4 Å². The van der Waals surface area contributed by atoms with Gasteiger partial charge >= 0.3 is 0 Å². The van der Waals surface area contributed by atoms with Crippen molar-refractivity contribution in [3.8, 4) is 0 Å². The largest absolute Gasteiger partial charge is 0.379 e. The molecule has 4 nitrogen and oxygen atoms in total. The smallest absolute Gasteiger partial charge is 0.170 e. The lowest BCUT2D eigenvalue weighted by Crippen LogP contribution is -2.42. The summed E-state index contributed by atoms with van der Waals surface area (Å²) >= 11 is 11.6. The first-order valence-corrected chi connectivity index (χ1v) is 7.96. The Balaban J connectivity index is 1.79. The van der Waals surface area contributed by atoms with Gasteiger partial charge in [0.15, 0.2) is 5.11 Å². The second-order valence-electron chi connectivity index (χ2n) is 5.27. The van der Waals surface area contributed by atoms with Gasteiger partial charge in [-0.15, -0.1) is 0 Å². The Morgan fingerprint density at radius 1 is 1.33 bits per heavy atom. The molecule has 1 aromatic rings. The SMILES string of the molecule is Cc1cc(C)c(NC(=S)NCCN2CCOCC2)c(Cl)c1. The fourth-order valence-electron chi connectivity index (χ4n) is 2.38. The molecule has 0 amide bonds. The average molecular weight is 328 g/mol. The highest BCUT2D eigenvalue weighted by Crippen LogP contribution is 2.27. The van der Waals surface area contributed by atoms with Gasteiger partial charge in [0.05, 0.1) is 23.9 Å². The van der Waals surface area contributed by atoms with Gasteiger partial charge in [-0.1, -0.05) is 17.7 Å². The summed E-state index contributed by atoms with van der Waals surface area (Å²) in [6.45, 7) is 9.45. The summed E-state index contributed by atoms with van der Waals surface area (Å²) in [6.07, 6.45) is 0. The zero-order chi connectivity index (χ0) is 15.2. The van der Waals surface area contributed by atoms with Crippen molar-refractivity contribution < 1.29 is 4.74 Å². The first-order valence-electron chi connectivity index (χ1n) is 7.18. The van der Waals surface area contributed by atoms with E-state index in [-0.39, 0.29) is 0 Å². The number of halogens is 1. The number of benzene rings is 1. The van der Waals surface area contributed by atoms with E-state index >= 15 is 0 Å². The summed E-state index contributed by atoms with van der Waals surface area (Å²) in [4.78, 5) is 2.36. The van der Waals surface area contributed by atoms with E-state index in [2.05, 4.69) is 21.6 Å². The van der Waals surface area contributed by atoms with Crippen LogP contribution in [0.5, 0.6) is 0 Å². The van der Waals surface area contributed by atoms with Crippen LogP contribution in [0.1, 0.15) is 11.1 Å². The minimum atomic E-state index is 0.608. The summed E-state index contributed by atoms with van der Waals surface area (Å²) in [5.74, 6) is 0. The van der Waals surface area contributed by atoms with Crippen molar-refractivity contribution in [3.05, 3.63) is 28.3 Å². The van der Waals surface area contributed by atoms with E-state index in [9.17, 15) is 0 Å². The summed E-state index contributed by atoms with van der Waals surface area (Å²) in [5, 5.41) is 7.72. The van der Waals surface area contributed by atoms with Crippen LogP contribution >= 0.6 is 23.8 Å². The lowest BCUT2D eigenvalue weighted by atomic mass is 10.1. The number of thiocarbonyl (C=S) groups is 1. The number of aryl methyl sites for hydroxylation is 2. The molecular formula is C15H22ClN3OS. The standard InChI is InChI=1S/C15H22ClN3OS/c1-11-9-12(2)14(13(16)10-11)18-15(21)17-3-4-19-5-7-20-8-6-19/h9-10H,3-8H2,1-2H3,(H2,17,18,21). The van der Waals surface area contributed by atoms with E-state index in [4.69, 9.17) is 28.6 Å². The molecule has 21 heavy (non-hydrogen) atoms. The zero-order valence-electron chi connectivity index (χ0n) is 12.5. The molecule has 0 aliphatic carbocycles. The molecule has 1 saturated heterocycles. The predicted molar refractivity (Wildman–Crippen MR) is 92.4 cm³/mol. The van der Waals surface area contributed by atoms with E-state index in [1.807, 2.05) is 19.9 Å². The number of ether oxygens (including phenoxy) is 1. The van der Waals surface area contributed by atoms with Crippen molar-refractivity contribution in [2.45, 2.75) is 13.8 Å². The minimum Gasteiger partial charge on any atom is -0.379 e. The van der Waals surface area contributed by atoms with Crippen LogP contribution in [0.2, 0.25) is 5.02 Å². The number of nitrogens with zero attached hydrogens (tertiary/aromatic N) is 1. The van der Waals surface area contributed by atoms with Crippen molar-refractivity contribution >= 4 is 34.6 Å². The topological polar surface area (TPSA) is 36.5 Å². The predicted octanol–water partition coefficient (Wildman–Crippen LogP) is 2.58. The minimum absolute atomic E-state index is 0.608. The van der Waals surface area contributed by atoms with Gasteiger partial charge in [-0.3, -0.25) is 4.90 Å². The van der Waals surface area contributed by atoms with Crippen LogP contribution in [0.15, 0.2) is 12.1 Å². The van der Waals surface area contributed by atoms with Crippen molar-refractivity contribution in [1.29, 1.82) is 0 Å². The maximum atomic E-state index is 6.26. The molecule has 1 fully saturated rings. The summed E-state index contributed by atoms with van der Waals surface area (Å²) in [5.41, 5.74) is 3.12. The molecule has 0 aromatic heterocycles. The molecule has 1 aromatic carbocycles. The van der Waals surface area contributed by atoms with E-state index in [1.54, 1.807) is 0 Å². The highest BCUT2D eigenvalue weighted by Gasteiger charge is 2.10. The van der Waals surface area contributed by atoms with Crippen LogP contribution in [0.4, 0.5) is 5.69 Å². The quantitative estimate of drug-likeness (QED) is 0.831. The molecular weight excluding hydrogens is 306 g/mol. The molecule has 0 unspecified atom stereocenters. The zero-order valence-corrected chi connectivity index (χ0v) is 14.1. The maximum Gasteiger partial charge on any atom is 0.170 e. The van der Waals surface area contributed by atoms with Crippen LogP contribution in [0, 0.1) is 13.8 Å². The van der Waals surface area contributed by atoms with Gasteiger partial charge in [0.2, 0.25) is 0 Å². The third-order valence-electron chi connectivity index (χ3n) is 3.49. The number of anilines is 1. The summed E-state index contributed by atoms with van der Waals surface area (Å²) < 4.78 is 5.33. The third kappa shape index (κ3) is 5.11. The van der Waals surface area contributed by atoms with E-state index < -0.39 is 0 Å². The van der Waals surface area contributed by atoms with Crippen molar-refractivity contribution in [1.82, 2.24) is 10.2 Å². The Kier molecular flexibility index (Phi) is 6.23. The lowest BCUT2D eigenvalue weighted by molar-refractivity contribution is 0.0389. The molecule has 1 aliphatic rings. The Hall–Kier alpha value is -0.880. The lowest BCUT2D eigenvalue weighted by Gasteiger charge is -2.26. The molecule has 0 saturated carbocycles.